The number of carbonyl (C=O) groups excluding carboxylic acids is 1. The fourth-order valence-corrected chi connectivity index (χ4v) is 3.12. The minimum absolute atomic E-state index is 0.0655. The van der Waals surface area contributed by atoms with Crippen molar-refractivity contribution in [3.8, 4) is 0 Å². The maximum absolute atomic E-state index is 11.7. The minimum Gasteiger partial charge on any atom is -0.338 e. The van der Waals surface area contributed by atoms with Gasteiger partial charge in [-0.3, -0.25) is 0 Å². The van der Waals surface area contributed by atoms with Crippen LogP contribution in [0.25, 0.3) is 0 Å². The smallest absolute Gasteiger partial charge is 0.315 e. The lowest BCUT2D eigenvalue weighted by molar-refractivity contribution is 0.240. The van der Waals surface area contributed by atoms with Crippen molar-refractivity contribution in [1.29, 1.82) is 0 Å². The fourth-order valence-electron chi connectivity index (χ4n) is 2.28. The van der Waals surface area contributed by atoms with Crippen molar-refractivity contribution < 1.29 is 4.79 Å². The van der Waals surface area contributed by atoms with Crippen molar-refractivity contribution >= 4 is 17.4 Å². The molecule has 0 saturated heterocycles. The summed E-state index contributed by atoms with van der Waals surface area (Å²) in [7, 11) is 0. The zero-order valence-electron chi connectivity index (χ0n) is 11.5. The third-order valence-corrected chi connectivity index (χ3v) is 4.52. The Morgan fingerprint density at radius 2 is 2.26 bits per heavy atom. The average molecular weight is 278 g/mol. The molecule has 0 bridgehead atoms. The molecule has 0 fully saturated rings. The van der Waals surface area contributed by atoms with E-state index in [1.807, 2.05) is 0 Å². The normalized spacial score (nSPS) is 14.9. The number of allylic oxidation sites excluding steroid dienone is 1. The quantitative estimate of drug-likeness (QED) is 0.791. The van der Waals surface area contributed by atoms with Gasteiger partial charge in [0.05, 0.1) is 6.54 Å². The molecular weight excluding hydrogens is 256 g/mol. The van der Waals surface area contributed by atoms with E-state index in [-0.39, 0.29) is 6.03 Å². The van der Waals surface area contributed by atoms with Crippen LogP contribution in [-0.2, 0) is 6.54 Å². The van der Waals surface area contributed by atoms with Crippen LogP contribution in [-0.4, -0.2) is 12.6 Å². The summed E-state index contributed by atoms with van der Waals surface area (Å²) in [6.45, 7) is 3.43. The molecule has 0 spiro atoms. The van der Waals surface area contributed by atoms with E-state index in [4.69, 9.17) is 0 Å². The van der Waals surface area contributed by atoms with Gasteiger partial charge >= 0.3 is 6.03 Å². The molecule has 104 valence electrons. The van der Waals surface area contributed by atoms with Gasteiger partial charge in [0.15, 0.2) is 0 Å². The first-order chi connectivity index (χ1) is 9.25. The van der Waals surface area contributed by atoms with Crippen molar-refractivity contribution in [2.45, 2.75) is 45.6 Å². The highest BCUT2D eigenvalue weighted by Gasteiger charge is 2.05. The first-order valence-electron chi connectivity index (χ1n) is 6.98. The topological polar surface area (TPSA) is 41.1 Å². The van der Waals surface area contributed by atoms with E-state index in [9.17, 15) is 4.79 Å². The van der Waals surface area contributed by atoms with Gasteiger partial charge in [-0.2, -0.15) is 0 Å². The lowest BCUT2D eigenvalue weighted by atomic mass is 9.97. The number of carbonyl (C=O) groups is 1. The molecule has 4 heteroatoms. The molecule has 19 heavy (non-hydrogen) atoms. The predicted molar refractivity (Wildman–Crippen MR) is 80.5 cm³/mol. The van der Waals surface area contributed by atoms with Crippen LogP contribution in [0, 0.1) is 6.92 Å². The van der Waals surface area contributed by atoms with Crippen LogP contribution < -0.4 is 10.6 Å². The molecule has 1 aliphatic rings. The third kappa shape index (κ3) is 4.71. The predicted octanol–water partition coefficient (Wildman–Crippen LogP) is 3.75. The van der Waals surface area contributed by atoms with Crippen LogP contribution in [0.4, 0.5) is 4.79 Å². The van der Waals surface area contributed by atoms with Crippen LogP contribution >= 0.6 is 11.3 Å². The van der Waals surface area contributed by atoms with Crippen molar-refractivity contribution in [3.05, 3.63) is 33.5 Å². The summed E-state index contributed by atoms with van der Waals surface area (Å²) in [5, 5.41) is 7.89. The van der Waals surface area contributed by atoms with Gasteiger partial charge in [-0.05, 0) is 56.0 Å². The number of aryl methyl sites for hydroxylation is 1. The summed E-state index contributed by atoms with van der Waals surface area (Å²) in [5.41, 5.74) is 2.75. The van der Waals surface area contributed by atoms with Gasteiger partial charge in [0.1, 0.15) is 0 Å². The van der Waals surface area contributed by atoms with Gasteiger partial charge < -0.3 is 10.6 Å². The Labute approximate surface area is 119 Å². The molecule has 1 aromatic rings. The van der Waals surface area contributed by atoms with Gasteiger partial charge in [-0.1, -0.05) is 11.6 Å². The largest absolute Gasteiger partial charge is 0.338 e. The standard InChI is InChI=1S/C15H22N2OS/c1-12-8-10-19-14(12)11-17-15(18)16-9-7-13-5-3-2-4-6-13/h5,8,10H,2-4,6-7,9,11H2,1H3,(H2,16,17,18). The summed E-state index contributed by atoms with van der Waals surface area (Å²) >= 11 is 1.69. The van der Waals surface area contributed by atoms with Crippen molar-refractivity contribution in [2.75, 3.05) is 6.54 Å². The highest BCUT2D eigenvalue weighted by molar-refractivity contribution is 7.10. The number of hydrogen-bond donors (Lipinski definition) is 2. The zero-order valence-corrected chi connectivity index (χ0v) is 12.3. The average Bonchev–Trinajstić information content (AvgIpc) is 2.83. The second-order valence-electron chi connectivity index (χ2n) is 4.99. The van der Waals surface area contributed by atoms with E-state index >= 15 is 0 Å². The van der Waals surface area contributed by atoms with Crippen LogP contribution in [0.2, 0.25) is 0 Å². The van der Waals surface area contributed by atoms with E-state index in [2.05, 4.69) is 35.1 Å². The number of thiophene rings is 1. The van der Waals surface area contributed by atoms with Gasteiger partial charge in [0.25, 0.3) is 0 Å². The van der Waals surface area contributed by atoms with Crippen LogP contribution in [0.3, 0.4) is 0 Å². The molecule has 3 nitrogen and oxygen atoms in total. The molecule has 2 rings (SSSR count). The summed E-state index contributed by atoms with van der Waals surface area (Å²) in [6, 6.07) is 2.01. The molecule has 1 aromatic heterocycles. The summed E-state index contributed by atoms with van der Waals surface area (Å²) < 4.78 is 0. The van der Waals surface area contributed by atoms with Crippen LogP contribution in [0.5, 0.6) is 0 Å². The van der Waals surface area contributed by atoms with Crippen molar-refractivity contribution in [2.24, 2.45) is 0 Å². The van der Waals surface area contributed by atoms with E-state index in [1.165, 1.54) is 41.7 Å². The Kier molecular flexibility index (Phi) is 5.45. The first-order valence-corrected chi connectivity index (χ1v) is 7.86. The van der Waals surface area contributed by atoms with Gasteiger partial charge in [0.2, 0.25) is 0 Å². The zero-order chi connectivity index (χ0) is 13.5. The molecule has 0 atom stereocenters. The molecule has 0 radical (unpaired) electrons. The SMILES string of the molecule is Cc1ccsc1CNC(=O)NCCC1=CCCCC1. The molecule has 0 unspecified atom stereocenters. The molecule has 0 saturated carbocycles. The Balaban J connectivity index is 1.62. The molecule has 2 amide bonds. The third-order valence-electron chi connectivity index (χ3n) is 3.49. The maximum Gasteiger partial charge on any atom is 0.315 e. The maximum atomic E-state index is 11.7. The number of rotatable bonds is 5. The van der Waals surface area contributed by atoms with E-state index < -0.39 is 0 Å². The number of hydrogen-bond acceptors (Lipinski definition) is 2. The molecule has 2 N–H and O–H groups in total. The highest BCUT2D eigenvalue weighted by atomic mass is 32.1. The van der Waals surface area contributed by atoms with Crippen molar-refractivity contribution in [3.63, 3.8) is 0 Å². The van der Waals surface area contributed by atoms with E-state index in [0.29, 0.717) is 6.54 Å². The van der Waals surface area contributed by atoms with E-state index in [0.717, 1.165) is 13.0 Å². The summed E-state index contributed by atoms with van der Waals surface area (Å²) in [4.78, 5) is 12.9. The molecular formula is C15H22N2OS. The van der Waals surface area contributed by atoms with Gasteiger partial charge in [-0.25, -0.2) is 4.79 Å². The lowest BCUT2D eigenvalue weighted by Gasteiger charge is -2.13. The van der Waals surface area contributed by atoms with Crippen LogP contribution in [0.15, 0.2) is 23.1 Å². The Morgan fingerprint density at radius 3 is 2.95 bits per heavy atom. The fraction of sp³-hybridized carbons (Fsp3) is 0.533. The van der Waals surface area contributed by atoms with Gasteiger partial charge in [-0.15, -0.1) is 11.3 Å². The Morgan fingerprint density at radius 1 is 1.37 bits per heavy atom. The molecule has 1 heterocycles. The first kappa shape index (κ1) is 14.1. The molecule has 1 aliphatic carbocycles. The molecule has 0 aliphatic heterocycles. The second kappa shape index (κ2) is 7.34. The molecule has 0 aromatic carbocycles. The number of urea groups is 1. The number of nitrogens with one attached hydrogen (secondary N) is 2. The lowest BCUT2D eigenvalue weighted by Crippen LogP contribution is -2.35. The number of amides is 2. The highest BCUT2D eigenvalue weighted by Crippen LogP contribution is 2.19. The Bertz CT molecular complexity index is 451. The van der Waals surface area contributed by atoms with Crippen LogP contribution in [0.1, 0.15) is 42.5 Å². The monoisotopic (exact) mass is 278 g/mol. The summed E-state index contributed by atoms with van der Waals surface area (Å²) in [6.07, 6.45) is 8.35. The van der Waals surface area contributed by atoms with E-state index in [1.54, 1.807) is 11.3 Å². The Hall–Kier alpha value is -1.29. The van der Waals surface area contributed by atoms with Crippen molar-refractivity contribution in [1.82, 2.24) is 10.6 Å². The van der Waals surface area contributed by atoms with Gasteiger partial charge in [0, 0.05) is 11.4 Å². The minimum atomic E-state index is -0.0655. The summed E-state index contributed by atoms with van der Waals surface area (Å²) in [5.74, 6) is 0. The second-order valence-corrected chi connectivity index (χ2v) is 6.00.